The number of allylic oxidation sites excluding steroid dienone is 1. The molecular formula is C33H28F4N4O4. The maximum Gasteiger partial charge on any atom is 0.416 e. The van der Waals surface area contributed by atoms with Gasteiger partial charge in [-0.15, -0.1) is 0 Å². The number of halogens is 4. The number of aliphatic carboxylic acids is 1. The molecule has 2 amide bonds. The molecule has 0 fully saturated rings. The molecule has 45 heavy (non-hydrogen) atoms. The van der Waals surface area contributed by atoms with Gasteiger partial charge in [0.1, 0.15) is 17.7 Å². The molecule has 1 aliphatic rings. The molecule has 1 aromatic heterocycles. The van der Waals surface area contributed by atoms with E-state index in [4.69, 9.17) is 10.2 Å². The van der Waals surface area contributed by atoms with Gasteiger partial charge in [0.25, 0.3) is 11.8 Å². The predicted octanol–water partition coefficient (Wildman–Crippen LogP) is 5.90. The molecule has 0 radical (unpaired) electrons. The zero-order chi connectivity index (χ0) is 32.3. The fourth-order valence-corrected chi connectivity index (χ4v) is 5.50. The number of carboxylic acid groups (broad SMARTS) is 1. The van der Waals surface area contributed by atoms with Gasteiger partial charge in [-0.3, -0.25) is 14.5 Å². The van der Waals surface area contributed by atoms with E-state index in [9.17, 15) is 31.9 Å². The molecule has 0 bridgehead atoms. The second-order valence-electron chi connectivity index (χ2n) is 10.4. The first kappa shape index (κ1) is 31.2. The van der Waals surface area contributed by atoms with Crippen LogP contribution < -0.4 is 10.2 Å². The van der Waals surface area contributed by atoms with E-state index in [2.05, 4.69) is 5.32 Å². The number of carbonyl (C=O) groups excluding carboxylic acids is 2. The minimum atomic E-state index is -4.68. The molecule has 8 nitrogen and oxygen atoms in total. The number of amides is 2. The monoisotopic (exact) mass is 620 g/mol. The van der Waals surface area contributed by atoms with Gasteiger partial charge in [-0.05, 0) is 67.8 Å². The molecule has 4 aromatic rings. The minimum absolute atomic E-state index is 0.161. The Bertz CT molecular complexity index is 1750. The number of aryl methyl sites for hydroxylation is 1. The van der Waals surface area contributed by atoms with Gasteiger partial charge in [0.05, 0.1) is 16.9 Å². The number of carbonyl (C=O) groups is 3. The number of carboxylic acids is 1. The average molecular weight is 621 g/mol. The Morgan fingerprint density at radius 2 is 1.73 bits per heavy atom. The average Bonchev–Trinajstić information content (AvgIpc) is 3.39. The molecule has 0 saturated heterocycles. The molecule has 232 valence electrons. The molecule has 12 heteroatoms. The van der Waals surface area contributed by atoms with Crippen LogP contribution in [0.25, 0.3) is 5.69 Å². The second kappa shape index (κ2) is 12.8. The van der Waals surface area contributed by atoms with Crippen LogP contribution >= 0.6 is 0 Å². The van der Waals surface area contributed by atoms with Crippen molar-refractivity contribution in [2.45, 2.75) is 37.9 Å². The van der Waals surface area contributed by atoms with E-state index in [0.29, 0.717) is 34.4 Å². The molecule has 0 unspecified atom stereocenters. The van der Waals surface area contributed by atoms with Gasteiger partial charge in [0, 0.05) is 29.7 Å². The second-order valence-corrected chi connectivity index (χ2v) is 10.4. The Balaban J connectivity index is 1.68. The van der Waals surface area contributed by atoms with Crippen LogP contribution in [0.5, 0.6) is 0 Å². The van der Waals surface area contributed by atoms with Crippen molar-refractivity contribution in [1.29, 1.82) is 0 Å². The van der Waals surface area contributed by atoms with Gasteiger partial charge in [0.15, 0.2) is 0 Å². The lowest BCUT2D eigenvalue weighted by atomic mass is 9.80. The normalized spacial score (nSPS) is 16.6. The summed E-state index contributed by atoms with van der Waals surface area (Å²) in [5.41, 5.74) is 0.844. The summed E-state index contributed by atoms with van der Waals surface area (Å²) in [7, 11) is 0. The van der Waals surface area contributed by atoms with E-state index in [1.807, 2.05) is 6.07 Å². The number of rotatable bonds is 9. The summed E-state index contributed by atoms with van der Waals surface area (Å²) in [6, 6.07) is 17.0. The lowest BCUT2D eigenvalue weighted by Crippen LogP contribution is -2.55. The number of aromatic nitrogens is 2. The van der Waals surface area contributed by atoms with Gasteiger partial charge < -0.3 is 10.4 Å². The van der Waals surface area contributed by atoms with Gasteiger partial charge in [-0.2, -0.15) is 18.3 Å². The third-order valence-electron chi connectivity index (χ3n) is 7.50. The number of benzene rings is 3. The molecule has 5 rings (SSSR count). The number of likely N-dealkylation sites (N-methyl/N-ethyl adjacent to an activating group) is 1. The van der Waals surface area contributed by atoms with Crippen LogP contribution in [0.3, 0.4) is 0 Å². The van der Waals surface area contributed by atoms with Crippen molar-refractivity contribution < 1.29 is 37.1 Å². The van der Waals surface area contributed by atoms with Crippen molar-refractivity contribution in [3.63, 3.8) is 0 Å². The van der Waals surface area contributed by atoms with E-state index in [-0.39, 0.29) is 24.9 Å². The van der Waals surface area contributed by atoms with Gasteiger partial charge in [-0.25, -0.2) is 13.9 Å². The number of hydrogen-bond acceptors (Lipinski definition) is 4. The van der Waals surface area contributed by atoms with Crippen molar-refractivity contribution in [3.05, 3.63) is 125 Å². The molecule has 0 saturated carbocycles. The number of nitrogens with zero attached hydrogens (tertiary/aromatic N) is 3. The van der Waals surface area contributed by atoms with Gasteiger partial charge in [0.2, 0.25) is 0 Å². The summed E-state index contributed by atoms with van der Waals surface area (Å²) in [6.45, 7) is 1.90. The first-order valence-corrected chi connectivity index (χ1v) is 14.1. The molecule has 3 aromatic carbocycles. The number of para-hydroxylation sites is 1. The van der Waals surface area contributed by atoms with Crippen molar-refractivity contribution >= 4 is 23.6 Å². The number of hydrogen-bond donors (Lipinski definition) is 2. The Kier molecular flexibility index (Phi) is 8.84. The molecule has 2 N–H and O–H groups in total. The van der Waals surface area contributed by atoms with Crippen LogP contribution in [0.2, 0.25) is 0 Å². The van der Waals surface area contributed by atoms with Crippen LogP contribution in [0, 0.1) is 5.82 Å². The molecule has 0 aliphatic carbocycles. The third kappa shape index (κ3) is 6.49. The molecular weight excluding hydrogens is 592 g/mol. The molecule has 1 aliphatic heterocycles. The smallest absolute Gasteiger partial charge is 0.416 e. The highest BCUT2D eigenvalue weighted by atomic mass is 19.4. The fraction of sp³-hybridized carbons (Fsp3) is 0.212. The Hall–Kier alpha value is -5.26. The van der Waals surface area contributed by atoms with E-state index >= 15 is 0 Å². The van der Waals surface area contributed by atoms with E-state index < -0.39 is 47.3 Å². The fourth-order valence-electron chi connectivity index (χ4n) is 5.50. The molecule has 0 spiro atoms. The van der Waals surface area contributed by atoms with Crippen molar-refractivity contribution in [1.82, 2.24) is 15.1 Å². The van der Waals surface area contributed by atoms with Crippen LogP contribution in [-0.2, 0) is 22.2 Å². The Labute approximate surface area is 255 Å². The summed E-state index contributed by atoms with van der Waals surface area (Å²) in [4.78, 5) is 40.2. The summed E-state index contributed by atoms with van der Waals surface area (Å²) >= 11 is 0. The third-order valence-corrected chi connectivity index (χ3v) is 7.50. The van der Waals surface area contributed by atoms with Crippen molar-refractivity contribution in [2.24, 2.45) is 0 Å². The van der Waals surface area contributed by atoms with E-state index in [1.54, 1.807) is 35.9 Å². The molecule has 2 heterocycles. The topological polar surface area (TPSA) is 105 Å². The highest BCUT2D eigenvalue weighted by molar-refractivity contribution is 6.05. The Morgan fingerprint density at radius 1 is 1.02 bits per heavy atom. The first-order chi connectivity index (χ1) is 21.5. The summed E-state index contributed by atoms with van der Waals surface area (Å²) in [5.74, 6) is -3.57. The number of nitrogens with one attached hydrogen (secondary N) is 1. The lowest BCUT2D eigenvalue weighted by molar-refractivity contribution is -0.137. The standard InChI is InChI=1S/C33H28F4N4O4/c1-2-40-31-28(25(13-6-7-14-26(42)43)39-41(31)24-11-4-3-5-12-24)27(20-15-17-23(34)18-16-20)29(32(40)45)38-30(44)21-9-8-10-22(19-21)33(35,36)37/h3-5,7-12,14-19,27,29H,2,6,13H2,1H3,(H,38,44)(H,42,43)/b14-7+/t27-,29-/m0/s1. The van der Waals surface area contributed by atoms with Crippen LogP contribution in [0.1, 0.15) is 52.0 Å². The quantitative estimate of drug-likeness (QED) is 0.179. The van der Waals surface area contributed by atoms with Crippen molar-refractivity contribution in [2.75, 3.05) is 11.4 Å². The molecule has 2 atom stereocenters. The zero-order valence-electron chi connectivity index (χ0n) is 24.0. The first-order valence-electron chi connectivity index (χ1n) is 14.1. The maximum absolute atomic E-state index is 14.2. The Morgan fingerprint density at radius 3 is 2.38 bits per heavy atom. The number of fused-ring (bicyclic) bond motifs is 1. The predicted molar refractivity (Wildman–Crippen MR) is 158 cm³/mol. The highest BCUT2D eigenvalue weighted by Crippen LogP contribution is 2.44. The minimum Gasteiger partial charge on any atom is -0.478 e. The van der Waals surface area contributed by atoms with Gasteiger partial charge in [-0.1, -0.05) is 42.5 Å². The van der Waals surface area contributed by atoms with E-state index in [0.717, 1.165) is 18.2 Å². The largest absolute Gasteiger partial charge is 0.478 e. The van der Waals surface area contributed by atoms with Crippen LogP contribution in [0.15, 0.2) is 91.0 Å². The van der Waals surface area contributed by atoms with Crippen LogP contribution in [0.4, 0.5) is 23.4 Å². The van der Waals surface area contributed by atoms with Crippen molar-refractivity contribution in [3.8, 4) is 5.69 Å². The van der Waals surface area contributed by atoms with Crippen LogP contribution in [-0.4, -0.2) is 45.3 Å². The zero-order valence-corrected chi connectivity index (χ0v) is 24.0. The SMILES string of the molecule is CCN1C(=O)[C@@H](NC(=O)c2cccc(C(F)(F)F)c2)[C@@H](c2ccc(F)cc2)c2c(CC/C=C/C(=O)O)nn(-c3ccccc3)c21. The number of alkyl halides is 3. The van der Waals surface area contributed by atoms with E-state index in [1.165, 1.54) is 41.3 Å². The summed E-state index contributed by atoms with van der Waals surface area (Å²) in [5, 5.41) is 16.6. The lowest BCUT2D eigenvalue weighted by Gasteiger charge is -2.38. The highest BCUT2D eigenvalue weighted by Gasteiger charge is 2.46. The van der Waals surface area contributed by atoms with Gasteiger partial charge >= 0.3 is 12.1 Å². The maximum atomic E-state index is 14.2. The number of anilines is 1. The summed E-state index contributed by atoms with van der Waals surface area (Å²) < 4.78 is 55.9. The summed E-state index contributed by atoms with van der Waals surface area (Å²) in [6.07, 6.45) is -1.66.